The van der Waals surface area contributed by atoms with Gasteiger partial charge in [-0.25, -0.2) is 4.98 Å². The second-order valence-electron chi connectivity index (χ2n) is 6.56. The van der Waals surface area contributed by atoms with Gasteiger partial charge in [0.15, 0.2) is 0 Å². The summed E-state index contributed by atoms with van der Waals surface area (Å²) in [6.45, 7) is 2.30. The molecule has 2 aliphatic rings. The summed E-state index contributed by atoms with van der Waals surface area (Å²) in [5.74, 6) is 0.0231. The Morgan fingerprint density at radius 1 is 1.24 bits per heavy atom. The molecule has 0 aromatic carbocycles. The Kier molecular flexibility index (Phi) is 5.46. The molecule has 1 atom stereocenters. The van der Waals surface area contributed by atoms with Gasteiger partial charge in [0, 0.05) is 32.3 Å². The van der Waals surface area contributed by atoms with Gasteiger partial charge in [-0.05, 0) is 37.8 Å². The van der Waals surface area contributed by atoms with Crippen LogP contribution in [0.5, 0.6) is 0 Å². The summed E-state index contributed by atoms with van der Waals surface area (Å²) in [4.78, 5) is 18.0. The molecule has 2 fully saturated rings. The van der Waals surface area contributed by atoms with Crippen molar-refractivity contribution in [2.24, 2.45) is 5.92 Å². The minimum Gasteiger partial charge on any atom is -0.381 e. The maximum absolute atomic E-state index is 12.8. The van der Waals surface area contributed by atoms with Crippen LogP contribution in [-0.2, 0) is 15.7 Å². The Labute approximate surface area is 144 Å². The van der Waals surface area contributed by atoms with Crippen molar-refractivity contribution >= 4 is 11.7 Å². The van der Waals surface area contributed by atoms with Crippen molar-refractivity contribution in [1.82, 2.24) is 10.3 Å². The number of nitrogens with zero attached hydrogens (tertiary/aromatic N) is 2. The van der Waals surface area contributed by atoms with Gasteiger partial charge in [-0.15, -0.1) is 0 Å². The molecular weight excluding hydrogens is 335 g/mol. The number of ether oxygens (including phenoxy) is 1. The van der Waals surface area contributed by atoms with Gasteiger partial charge in [0.05, 0.1) is 5.92 Å². The molecule has 1 aromatic heterocycles. The number of alkyl halides is 3. The van der Waals surface area contributed by atoms with Gasteiger partial charge < -0.3 is 15.0 Å². The molecule has 2 aliphatic heterocycles. The number of carbonyl (C=O) groups excluding carboxylic acids is 1. The lowest BCUT2D eigenvalue weighted by molar-refractivity contribution is -0.141. The molecule has 1 N–H and O–H groups in total. The Bertz CT molecular complexity index is 603. The van der Waals surface area contributed by atoms with E-state index in [2.05, 4.69) is 10.3 Å². The lowest BCUT2D eigenvalue weighted by Gasteiger charge is -2.34. The van der Waals surface area contributed by atoms with Crippen LogP contribution in [0, 0.1) is 5.92 Å². The Morgan fingerprint density at radius 3 is 2.72 bits per heavy atom. The van der Waals surface area contributed by atoms with Crippen molar-refractivity contribution in [2.45, 2.75) is 37.9 Å². The van der Waals surface area contributed by atoms with Gasteiger partial charge in [-0.3, -0.25) is 4.79 Å². The molecule has 25 heavy (non-hydrogen) atoms. The lowest BCUT2D eigenvalue weighted by atomic mass is 9.96. The van der Waals surface area contributed by atoms with Gasteiger partial charge in [0.1, 0.15) is 11.5 Å². The lowest BCUT2D eigenvalue weighted by Crippen LogP contribution is -2.47. The number of halogens is 3. The number of carbonyl (C=O) groups is 1. The zero-order valence-electron chi connectivity index (χ0n) is 13.9. The van der Waals surface area contributed by atoms with E-state index in [4.69, 9.17) is 4.74 Å². The van der Waals surface area contributed by atoms with Crippen LogP contribution in [0.3, 0.4) is 0 Å². The Morgan fingerprint density at radius 2 is 2.00 bits per heavy atom. The van der Waals surface area contributed by atoms with E-state index < -0.39 is 11.9 Å². The minimum absolute atomic E-state index is 0.0245. The minimum atomic E-state index is -4.47. The molecule has 0 bridgehead atoms. The van der Waals surface area contributed by atoms with Crippen LogP contribution in [0.15, 0.2) is 18.2 Å². The summed E-state index contributed by atoms with van der Waals surface area (Å²) in [5, 5.41) is 3.05. The van der Waals surface area contributed by atoms with Crippen molar-refractivity contribution in [3.05, 3.63) is 23.9 Å². The third-order valence-electron chi connectivity index (χ3n) is 4.71. The molecule has 1 unspecified atom stereocenters. The monoisotopic (exact) mass is 357 g/mol. The second-order valence-corrected chi connectivity index (χ2v) is 6.56. The highest BCUT2D eigenvalue weighted by atomic mass is 19.4. The molecule has 2 saturated heterocycles. The average Bonchev–Trinajstić information content (AvgIpc) is 2.62. The van der Waals surface area contributed by atoms with Crippen molar-refractivity contribution in [3.63, 3.8) is 0 Å². The maximum Gasteiger partial charge on any atom is 0.433 e. The first kappa shape index (κ1) is 18.0. The first-order valence-corrected chi connectivity index (χ1v) is 8.61. The van der Waals surface area contributed by atoms with Crippen molar-refractivity contribution < 1.29 is 22.7 Å². The molecule has 8 heteroatoms. The van der Waals surface area contributed by atoms with Gasteiger partial charge >= 0.3 is 6.18 Å². The third-order valence-corrected chi connectivity index (χ3v) is 4.71. The van der Waals surface area contributed by atoms with E-state index in [-0.39, 0.29) is 23.7 Å². The van der Waals surface area contributed by atoms with Crippen LogP contribution >= 0.6 is 0 Å². The second kappa shape index (κ2) is 7.59. The number of hydrogen-bond donors (Lipinski definition) is 1. The number of aromatic nitrogens is 1. The van der Waals surface area contributed by atoms with Crippen LogP contribution in [0.25, 0.3) is 0 Å². The standard InChI is InChI=1S/C17H22F3N3O2/c18-17(19,20)14-4-1-5-15(22-14)23-8-2-3-12(11-23)16(24)21-13-6-9-25-10-7-13/h1,4-5,12-13H,2-3,6-11H2,(H,21,24). The third kappa shape index (κ3) is 4.62. The number of nitrogens with one attached hydrogen (secondary N) is 1. The molecule has 3 heterocycles. The van der Waals surface area contributed by atoms with Gasteiger partial charge in [-0.1, -0.05) is 6.07 Å². The van der Waals surface area contributed by atoms with Gasteiger partial charge in [0.2, 0.25) is 5.91 Å². The van der Waals surface area contributed by atoms with Gasteiger partial charge in [0.25, 0.3) is 0 Å². The number of rotatable bonds is 3. The average molecular weight is 357 g/mol. The topological polar surface area (TPSA) is 54.5 Å². The summed E-state index contributed by atoms with van der Waals surface area (Å²) < 4.78 is 43.8. The fourth-order valence-corrected chi connectivity index (χ4v) is 3.32. The number of pyridine rings is 1. The van der Waals surface area contributed by atoms with Crippen LogP contribution in [0.4, 0.5) is 19.0 Å². The number of anilines is 1. The molecule has 0 spiro atoms. The summed E-state index contributed by atoms with van der Waals surface area (Å²) >= 11 is 0. The summed E-state index contributed by atoms with van der Waals surface area (Å²) in [5.41, 5.74) is -0.904. The highest BCUT2D eigenvalue weighted by molar-refractivity contribution is 5.79. The predicted octanol–water partition coefficient (Wildman–Crippen LogP) is 2.61. The first-order valence-electron chi connectivity index (χ1n) is 8.61. The largest absolute Gasteiger partial charge is 0.433 e. The Hall–Kier alpha value is -1.83. The highest BCUT2D eigenvalue weighted by Gasteiger charge is 2.34. The van der Waals surface area contributed by atoms with Crippen molar-refractivity contribution in [3.8, 4) is 0 Å². The molecule has 0 saturated carbocycles. The molecular formula is C17H22F3N3O2. The molecule has 5 nitrogen and oxygen atoms in total. The summed E-state index contributed by atoms with van der Waals surface area (Å²) in [7, 11) is 0. The number of amides is 1. The van der Waals surface area contributed by atoms with Crippen LogP contribution in [-0.4, -0.2) is 43.2 Å². The van der Waals surface area contributed by atoms with Crippen LogP contribution in [0.1, 0.15) is 31.4 Å². The SMILES string of the molecule is O=C(NC1CCOCC1)C1CCCN(c2cccc(C(F)(F)F)n2)C1. The van der Waals surface area contributed by atoms with Crippen LogP contribution in [0.2, 0.25) is 0 Å². The van der Waals surface area contributed by atoms with E-state index in [0.717, 1.165) is 31.7 Å². The molecule has 1 amide bonds. The fraction of sp³-hybridized carbons (Fsp3) is 0.647. The van der Waals surface area contributed by atoms with E-state index in [1.165, 1.54) is 6.07 Å². The summed E-state index contributed by atoms with van der Waals surface area (Å²) in [6, 6.07) is 4.01. The predicted molar refractivity (Wildman–Crippen MR) is 86.2 cm³/mol. The fourth-order valence-electron chi connectivity index (χ4n) is 3.32. The smallest absolute Gasteiger partial charge is 0.381 e. The molecule has 3 rings (SSSR count). The number of hydrogen-bond acceptors (Lipinski definition) is 4. The molecule has 138 valence electrons. The van der Waals surface area contributed by atoms with E-state index in [1.54, 1.807) is 11.0 Å². The van der Waals surface area contributed by atoms with Crippen molar-refractivity contribution in [2.75, 3.05) is 31.2 Å². The van der Waals surface area contributed by atoms with E-state index in [1.807, 2.05) is 0 Å². The van der Waals surface area contributed by atoms with E-state index in [0.29, 0.717) is 26.3 Å². The Balaban J connectivity index is 1.63. The van der Waals surface area contributed by atoms with E-state index >= 15 is 0 Å². The maximum atomic E-state index is 12.8. The molecule has 0 aliphatic carbocycles. The van der Waals surface area contributed by atoms with Crippen molar-refractivity contribution in [1.29, 1.82) is 0 Å². The normalized spacial score (nSPS) is 22.7. The summed E-state index contributed by atoms with van der Waals surface area (Å²) in [6.07, 6.45) is -1.37. The zero-order chi connectivity index (χ0) is 17.9. The number of piperidine rings is 1. The first-order chi connectivity index (χ1) is 11.9. The van der Waals surface area contributed by atoms with Gasteiger partial charge in [-0.2, -0.15) is 13.2 Å². The zero-order valence-corrected chi connectivity index (χ0v) is 13.9. The molecule has 0 radical (unpaired) electrons. The quantitative estimate of drug-likeness (QED) is 0.904. The van der Waals surface area contributed by atoms with E-state index in [9.17, 15) is 18.0 Å². The highest BCUT2D eigenvalue weighted by Crippen LogP contribution is 2.30. The molecule has 1 aromatic rings. The van der Waals surface area contributed by atoms with Crippen LogP contribution < -0.4 is 10.2 Å².